The van der Waals surface area contributed by atoms with Crippen molar-refractivity contribution in [3.05, 3.63) is 53.6 Å². The molecule has 4 aliphatic heterocycles. The van der Waals surface area contributed by atoms with Crippen molar-refractivity contribution >= 4 is 17.8 Å². The van der Waals surface area contributed by atoms with Gasteiger partial charge in [0, 0.05) is 51.9 Å². The molecule has 6 N–H and O–H groups in total. The van der Waals surface area contributed by atoms with Crippen LogP contribution in [0.1, 0.15) is 125 Å². The van der Waals surface area contributed by atoms with Gasteiger partial charge in [-0.05, 0) is 104 Å². The Labute approximate surface area is 440 Å². The van der Waals surface area contributed by atoms with Gasteiger partial charge in [-0.1, -0.05) is 48.9 Å². The molecule has 75 heavy (non-hydrogen) atoms. The van der Waals surface area contributed by atoms with Gasteiger partial charge in [-0.25, -0.2) is 4.79 Å². The monoisotopic (exact) mass is 1060 g/mol. The minimum atomic E-state index is -2.06. The smallest absolute Gasteiger partial charge is 0.331 e. The highest BCUT2D eigenvalue weighted by Gasteiger charge is 2.81. The molecule has 8 aliphatic rings. The molecule has 19 nitrogen and oxygen atoms in total. The van der Waals surface area contributed by atoms with Crippen LogP contribution in [0.3, 0.4) is 0 Å². The molecule has 4 heterocycles. The molecule has 19 heteroatoms. The van der Waals surface area contributed by atoms with Gasteiger partial charge in [0.2, 0.25) is 0 Å². The fourth-order valence-electron chi connectivity index (χ4n) is 14.6. The second-order valence-electron chi connectivity index (χ2n) is 23.2. The van der Waals surface area contributed by atoms with E-state index in [0.717, 1.165) is 11.1 Å². The molecule has 24 atom stereocenters. The van der Waals surface area contributed by atoms with Crippen molar-refractivity contribution in [2.75, 3.05) is 14.2 Å². The summed E-state index contributed by atoms with van der Waals surface area (Å²) in [6, 6.07) is 9.25. The lowest BCUT2D eigenvalue weighted by molar-refractivity contribution is -0.345. The van der Waals surface area contributed by atoms with E-state index in [-0.39, 0.29) is 51.0 Å². The summed E-state index contributed by atoms with van der Waals surface area (Å²) in [5.74, 6) is -1.85. The molecule has 0 amide bonds. The highest BCUT2D eigenvalue weighted by Crippen LogP contribution is 2.71. The third-order valence-corrected chi connectivity index (χ3v) is 19.0. The van der Waals surface area contributed by atoms with Crippen molar-refractivity contribution in [2.45, 2.75) is 247 Å². The quantitative estimate of drug-likeness (QED) is 0.0877. The molecule has 4 saturated heterocycles. The maximum atomic E-state index is 13.6. The van der Waals surface area contributed by atoms with Crippen molar-refractivity contribution in [2.24, 2.45) is 16.7 Å². The summed E-state index contributed by atoms with van der Waals surface area (Å²) in [6.45, 7) is 12.1. The lowest BCUT2D eigenvalue weighted by Crippen LogP contribution is -2.78. The van der Waals surface area contributed by atoms with Crippen molar-refractivity contribution in [1.82, 2.24) is 0 Å². The fourth-order valence-corrected chi connectivity index (χ4v) is 14.6. The van der Waals surface area contributed by atoms with Gasteiger partial charge in [-0.15, -0.1) is 0 Å². The van der Waals surface area contributed by atoms with Gasteiger partial charge in [0.25, 0.3) is 0 Å². The van der Waals surface area contributed by atoms with Crippen LogP contribution in [0.25, 0.3) is 6.08 Å². The van der Waals surface area contributed by atoms with Crippen LogP contribution in [0.4, 0.5) is 0 Å². The van der Waals surface area contributed by atoms with Crippen molar-refractivity contribution < 1.29 is 92.3 Å². The Hall–Kier alpha value is -2.80. The SMILES string of the molecule is COC1CC(OC2C(O)CC(OC3C(C)OC(OC4C(O)CC(OC5CCC6(C)C(=CCC7(O)C6CC(OC(=O)C=Cc6ccccc6)C6(C)C(O)(C(C)=O)CCC76O)C5)OC4C)CC3OC)OC2C)OC(C)C1O. The molecule has 0 radical (unpaired) electrons. The van der Waals surface area contributed by atoms with Crippen LogP contribution in [0, 0.1) is 16.7 Å². The maximum Gasteiger partial charge on any atom is 0.331 e. The van der Waals surface area contributed by atoms with Gasteiger partial charge < -0.3 is 82.7 Å². The van der Waals surface area contributed by atoms with Crippen LogP contribution in [0.2, 0.25) is 0 Å². The minimum Gasteiger partial charge on any atom is -0.458 e. The first-order chi connectivity index (χ1) is 35.5. The highest BCUT2D eigenvalue weighted by atomic mass is 16.8. The molecule has 7 fully saturated rings. The minimum absolute atomic E-state index is 0.0593. The zero-order chi connectivity index (χ0) is 54.0. The third-order valence-electron chi connectivity index (χ3n) is 19.0. The molecular weight excluding hydrogens is 977 g/mol. The Balaban J connectivity index is 0.795. The number of Topliss-reactive ketones (excluding diaryl/α,β-unsaturated/α-hetero) is 1. The summed E-state index contributed by atoms with van der Waals surface area (Å²) in [5, 5.41) is 71.2. The van der Waals surface area contributed by atoms with E-state index in [2.05, 4.69) is 6.92 Å². The number of aliphatic hydroxyl groups is 6. The van der Waals surface area contributed by atoms with E-state index in [1.54, 1.807) is 34.0 Å². The van der Waals surface area contributed by atoms with Gasteiger partial charge in [0.05, 0.1) is 60.4 Å². The number of carbonyl (C=O) groups is 2. The lowest BCUT2D eigenvalue weighted by atomic mass is 9.42. The number of ether oxygens (including phenoxy) is 11. The van der Waals surface area contributed by atoms with Gasteiger partial charge in [-0.2, -0.15) is 0 Å². The molecule has 1 aromatic rings. The predicted molar refractivity (Wildman–Crippen MR) is 266 cm³/mol. The number of rotatable bonds is 14. The Morgan fingerprint density at radius 1 is 0.680 bits per heavy atom. The van der Waals surface area contributed by atoms with Crippen molar-refractivity contribution in [3.63, 3.8) is 0 Å². The van der Waals surface area contributed by atoms with Gasteiger partial charge in [-0.3, -0.25) is 4.79 Å². The zero-order valence-corrected chi connectivity index (χ0v) is 44.9. The summed E-state index contributed by atoms with van der Waals surface area (Å²) >= 11 is 0. The Kier molecular flexibility index (Phi) is 16.7. The summed E-state index contributed by atoms with van der Waals surface area (Å²) in [4.78, 5) is 26.9. The van der Waals surface area contributed by atoms with E-state index in [9.17, 15) is 40.2 Å². The number of carbonyl (C=O) groups excluding carboxylic acids is 2. The number of methoxy groups -OCH3 is 2. The average molecular weight is 1060 g/mol. The van der Waals surface area contributed by atoms with E-state index < -0.39 is 150 Å². The Bertz CT molecular complexity index is 2210. The zero-order valence-electron chi connectivity index (χ0n) is 44.9. The van der Waals surface area contributed by atoms with Crippen molar-refractivity contribution in [1.29, 1.82) is 0 Å². The number of ketones is 1. The first-order valence-corrected chi connectivity index (χ1v) is 27.1. The molecule has 9 rings (SSSR count). The first-order valence-electron chi connectivity index (χ1n) is 27.1. The Morgan fingerprint density at radius 2 is 1.23 bits per heavy atom. The molecule has 0 bridgehead atoms. The number of hydrogen-bond acceptors (Lipinski definition) is 19. The van der Waals surface area contributed by atoms with Crippen LogP contribution in [0.15, 0.2) is 48.1 Å². The topological polar surface area (TPSA) is 257 Å². The largest absolute Gasteiger partial charge is 0.458 e. The van der Waals surface area contributed by atoms with Gasteiger partial charge in [0.15, 0.2) is 30.9 Å². The number of hydrogen-bond donors (Lipinski definition) is 6. The first kappa shape index (κ1) is 56.9. The second-order valence-corrected chi connectivity index (χ2v) is 23.2. The molecule has 0 aromatic heterocycles. The molecule has 420 valence electrons. The van der Waals surface area contributed by atoms with E-state index in [0.29, 0.717) is 25.7 Å². The summed E-state index contributed by atoms with van der Waals surface area (Å²) in [6.07, 6.45) is -5.02. The highest BCUT2D eigenvalue weighted by molar-refractivity contribution is 5.88. The van der Waals surface area contributed by atoms with E-state index >= 15 is 0 Å². The van der Waals surface area contributed by atoms with Gasteiger partial charge >= 0.3 is 5.97 Å². The molecule has 4 aliphatic carbocycles. The number of aliphatic hydroxyl groups excluding tert-OH is 3. The van der Waals surface area contributed by atoms with Gasteiger partial charge in [0.1, 0.15) is 47.3 Å². The molecular formula is C56H82O19. The second kappa shape index (κ2) is 22.0. The average Bonchev–Trinajstić information content (AvgIpc) is 3.62. The number of fused-ring (bicyclic) bond motifs is 5. The summed E-state index contributed by atoms with van der Waals surface area (Å²) < 4.78 is 68.0. The van der Waals surface area contributed by atoms with E-state index in [1.165, 1.54) is 20.1 Å². The van der Waals surface area contributed by atoms with Crippen molar-refractivity contribution in [3.8, 4) is 0 Å². The summed E-state index contributed by atoms with van der Waals surface area (Å²) in [7, 11) is 3.10. The van der Waals surface area contributed by atoms with E-state index in [4.69, 9.17) is 52.1 Å². The third kappa shape index (κ3) is 10.3. The predicted octanol–water partition coefficient (Wildman–Crippen LogP) is 3.93. The molecule has 0 spiro atoms. The maximum absolute atomic E-state index is 13.6. The van der Waals surface area contributed by atoms with Crippen LogP contribution < -0.4 is 0 Å². The molecule has 3 saturated carbocycles. The van der Waals surface area contributed by atoms with Crippen LogP contribution in [-0.2, 0) is 61.7 Å². The Morgan fingerprint density at radius 3 is 1.81 bits per heavy atom. The fraction of sp³-hybridized carbons (Fsp3) is 0.786. The van der Waals surface area contributed by atoms with Crippen LogP contribution in [0.5, 0.6) is 0 Å². The van der Waals surface area contributed by atoms with Crippen LogP contribution in [-0.4, -0.2) is 184 Å². The van der Waals surface area contributed by atoms with E-state index in [1.807, 2.05) is 50.3 Å². The molecule has 1 aromatic carbocycles. The normalized spacial score (nSPS) is 49.1. The number of esters is 1. The standard InChI is InChI=1S/C56H82O19/c1-29-48(61)39(65-8)26-46(67-29)73-50-31(3)69-45(25-38(50)59)75-51-32(4)70-47(27-40(51)66-9)74-49-30(2)68-44(24-37(49)58)71-36-18-19-52(6)35(23-36)17-20-55(63)41(52)28-42(72-43(60)16-15-34-13-11-10-12-14-34)53(7)54(62,33(5)57)21-22-56(53,55)64/h10-17,29-32,36-42,44-51,58-59,61-64H,18-28H2,1-9H3. The lowest BCUT2D eigenvalue weighted by Gasteiger charge is -2.67. The molecule has 24 unspecified atom stereocenters. The van der Waals surface area contributed by atoms with Crippen LogP contribution >= 0.6 is 0 Å². The summed E-state index contributed by atoms with van der Waals surface area (Å²) in [5.41, 5.74) is -6.38. The number of benzene rings is 1.